The fourth-order valence-corrected chi connectivity index (χ4v) is 4.33. The average Bonchev–Trinajstić information content (AvgIpc) is 3.40. The standard InChI is InChI=1S/C21H23N7O2/c1-26-16(19(29)27-8-2-9-27)12-18(25-26)24-17-11-15(5-7-23-17)28-10-6-21(13-22,20(28)30)14-3-4-14/h5,7,11-12,14H,2-4,6,8-10H2,1H3,(H,23,24,25)/t21-/m1/s1. The Bertz CT molecular complexity index is 1060. The van der Waals surface area contributed by atoms with Gasteiger partial charge in [0.05, 0.1) is 6.07 Å². The number of nitriles is 1. The van der Waals surface area contributed by atoms with Gasteiger partial charge in [0.15, 0.2) is 5.82 Å². The van der Waals surface area contributed by atoms with E-state index >= 15 is 0 Å². The maximum Gasteiger partial charge on any atom is 0.272 e. The molecule has 3 fully saturated rings. The molecule has 0 aromatic carbocycles. The number of likely N-dealkylation sites (tertiary alicyclic amines) is 1. The van der Waals surface area contributed by atoms with Crippen molar-refractivity contribution in [1.29, 1.82) is 5.26 Å². The molecule has 1 atom stereocenters. The van der Waals surface area contributed by atoms with Gasteiger partial charge in [-0.1, -0.05) is 0 Å². The number of nitrogens with zero attached hydrogens (tertiary/aromatic N) is 6. The van der Waals surface area contributed by atoms with Crippen molar-refractivity contribution in [2.24, 2.45) is 18.4 Å². The minimum absolute atomic E-state index is 0.0263. The molecule has 0 bridgehead atoms. The van der Waals surface area contributed by atoms with Crippen molar-refractivity contribution >= 4 is 29.1 Å². The zero-order valence-corrected chi connectivity index (χ0v) is 16.8. The predicted molar refractivity (Wildman–Crippen MR) is 109 cm³/mol. The number of aromatic nitrogens is 3. The van der Waals surface area contributed by atoms with E-state index in [2.05, 4.69) is 21.5 Å². The van der Waals surface area contributed by atoms with Crippen molar-refractivity contribution < 1.29 is 9.59 Å². The number of aryl methyl sites for hydroxylation is 1. The van der Waals surface area contributed by atoms with Gasteiger partial charge in [-0.15, -0.1) is 0 Å². The Hall–Kier alpha value is -3.41. The lowest BCUT2D eigenvalue weighted by Gasteiger charge is -2.30. The van der Waals surface area contributed by atoms with Crippen molar-refractivity contribution in [3.8, 4) is 6.07 Å². The van der Waals surface area contributed by atoms with E-state index in [-0.39, 0.29) is 17.7 Å². The van der Waals surface area contributed by atoms with Crippen LogP contribution in [0.3, 0.4) is 0 Å². The second-order valence-electron chi connectivity index (χ2n) is 8.27. The van der Waals surface area contributed by atoms with Gasteiger partial charge < -0.3 is 15.1 Å². The van der Waals surface area contributed by atoms with Crippen LogP contribution in [0.25, 0.3) is 0 Å². The fraction of sp³-hybridized carbons (Fsp3) is 0.476. The van der Waals surface area contributed by atoms with Gasteiger partial charge in [-0.25, -0.2) is 4.98 Å². The first-order valence-corrected chi connectivity index (χ1v) is 10.3. The van der Waals surface area contributed by atoms with Gasteiger partial charge in [0.25, 0.3) is 5.91 Å². The van der Waals surface area contributed by atoms with Crippen LogP contribution in [0, 0.1) is 22.7 Å². The minimum atomic E-state index is -0.871. The van der Waals surface area contributed by atoms with Crippen molar-refractivity contribution in [1.82, 2.24) is 19.7 Å². The molecule has 9 nitrogen and oxygen atoms in total. The predicted octanol–water partition coefficient (Wildman–Crippen LogP) is 2.06. The minimum Gasteiger partial charge on any atom is -0.337 e. The molecule has 9 heteroatoms. The first-order valence-electron chi connectivity index (χ1n) is 10.3. The Morgan fingerprint density at radius 2 is 2.07 bits per heavy atom. The third-order valence-corrected chi connectivity index (χ3v) is 6.38. The summed E-state index contributed by atoms with van der Waals surface area (Å²) in [5, 5.41) is 17.2. The second-order valence-corrected chi connectivity index (χ2v) is 8.27. The molecule has 2 aliphatic heterocycles. The molecule has 2 amide bonds. The Morgan fingerprint density at radius 3 is 2.73 bits per heavy atom. The van der Waals surface area contributed by atoms with Crippen LogP contribution >= 0.6 is 0 Å². The van der Waals surface area contributed by atoms with Gasteiger partial charge in [0.1, 0.15) is 16.9 Å². The lowest BCUT2D eigenvalue weighted by molar-refractivity contribution is -0.123. The topological polar surface area (TPSA) is 107 Å². The summed E-state index contributed by atoms with van der Waals surface area (Å²) in [6, 6.07) is 7.58. The Kier molecular flexibility index (Phi) is 4.24. The highest BCUT2D eigenvalue weighted by Gasteiger charge is 2.56. The fourth-order valence-electron chi connectivity index (χ4n) is 4.33. The summed E-state index contributed by atoms with van der Waals surface area (Å²) in [6.45, 7) is 2.10. The van der Waals surface area contributed by atoms with E-state index in [1.807, 2.05) is 0 Å². The molecule has 2 saturated heterocycles. The lowest BCUT2D eigenvalue weighted by atomic mass is 9.83. The molecule has 0 spiro atoms. The molecule has 1 N–H and O–H groups in total. The summed E-state index contributed by atoms with van der Waals surface area (Å²) in [6.07, 6.45) is 5.14. The van der Waals surface area contributed by atoms with E-state index in [0.717, 1.165) is 32.4 Å². The molecular formula is C21H23N7O2. The van der Waals surface area contributed by atoms with Crippen molar-refractivity contribution in [2.45, 2.75) is 25.7 Å². The summed E-state index contributed by atoms with van der Waals surface area (Å²) in [5.74, 6) is 1.10. The Balaban J connectivity index is 1.34. The van der Waals surface area contributed by atoms with Crippen LogP contribution in [-0.4, -0.2) is 51.1 Å². The Labute approximate surface area is 174 Å². The van der Waals surface area contributed by atoms with Gasteiger partial charge >= 0.3 is 0 Å². The quantitative estimate of drug-likeness (QED) is 0.816. The summed E-state index contributed by atoms with van der Waals surface area (Å²) in [7, 11) is 1.74. The van der Waals surface area contributed by atoms with E-state index < -0.39 is 5.41 Å². The zero-order chi connectivity index (χ0) is 20.9. The number of carbonyl (C=O) groups excluding carboxylic acids is 2. The monoisotopic (exact) mass is 405 g/mol. The number of anilines is 3. The number of carbonyl (C=O) groups is 2. The molecule has 1 aliphatic carbocycles. The highest BCUT2D eigenvalue weighted by atomic mass is 16.2. The molecule has 1 saturated carbocycles. The van der Waals surface area contributed by atoms with E-state index in [1.165, 1.54) is 0 Å². The number of hydrogen-bond acceptors (Lipinski definition) is 6. The van der Waals surface area contributed by atoms with Crippen LogP contribution in [0.1, 0.15) is 36.2 Å². The molecule has 154 valence electrons. The number of amides is 2. The molecule has 0 radical (unpaired) electrons. The summed E-state index contributed by atoms with van der Waals surface area (Å²) >= 11 is 0. The number of rotatable bonds is 5. The number of nitrogens with one attached hydrogen (secondary N) is 1. The summed E-state index contributed by atoms with van der Waals surface area (Å²) < 4.78 is 1.56. The molecule has 5 rings (SSSR count). The molecule has 0 unspecified atom stereocenters. The lowest BCUT2D eigenvalue weighted by Crippen LogP contribution is -2.42. The van der Waals surface area contributed by atoms with E-state index in [4.69, 9.17) is 0 Å². The maximum atomic E-state index is 13.0. The van der Waals surface area contributed by atoms with Crippen LogP contribution in [0.2, 0.25) is 0 Å². The SMILES string of the molecule is Cn1nc(Nc2cc(N3CC[C@@](C#N)(C4CC4)C3=O)ccn2)cc1C(=O)N1CCC1. The number of hydrogen-bond donors (Lipinski definition) is 1. The van der Waals surface area contributed by atoms with Gasteiger partial charge in [-0.3, -0.25) is 14.3 Å². The molecule has 2 aromatic rings. The van der Waals surface area contributed by atoms with Crippen LogP contribution in [0.5, 0.6) is 0 Å². The average molecular weight is 405 g/mol. The Morgan fingerprint density at radius 1 is 1.27 bits per heavy atom. The van der Waals surface area contributed by atoms with Crippen LogP contribution in [0.4, 0.5) is 17.3 Å². The van der Waals surface area contributed by atoms with Gasteiger partial charge in [-0.2, -0.15) is 10.4 Å². The normalized spacial score (nSPS) is 23.3. The van der Waals surface area contributed by atoms with Gasteiger partial charge in [0.2, 0.25) is 5.91 Å². The molecular weight excluding hydrogens is 382 g/mol. The highest BCUT2D eigenvalue weighted by molar-refractivity contribution is 6.02. The smallest absolute Gasteiger partial charge is 0.272 e. The largest absolute Gasteiger partial charge is 0.337 e. The van der Waals surface area contributed by atoms with Crippen LogP contribution in [-0.2, 0) is 11.8 Å². The highest BCUT2D eigenvalue weighted by Crippen LogP contribution is 2.51. The second kappa shape index (κ2) is 6.83. The van der Waals surface area contributed by atoms with Crippen LogP contribution < -0.4 is 10.2 Å². The van der Waals surface area contributed by atoms with Gasteiger partial charge in [0, 0.05) is 50.7 Å². The third-order valence-electron chi connectivity index (χ3n) is 6.38. The first-order chi connectivity index (χ1) is 14.5. The zero-order valence-electron chi connectivity index (χ0n) is 16.8. The number of pyridine rings is 1. The maximum absolute atomic E-state index is 13.0. The van der Waals surface area contributed by atoms with E-state index in [9.17, 15) is 14.9 Å². The third kappa shape index (κ3) is 2.91. The molecule has 3 aliphatic rings. The van der Waals surface area contributed by atoms with Crippen LogP contribution in [0.15, 0.2) is 24.4 Å². The molecule has 2 aromatic heterocycles. The van der Waals surface area contributed by atoms with E-state index in [0.29, 0.717) is 36.0 Å². The molecule has 30 heavy (non-hydrogen) atoms. The summed E-state index contributed by atoms with van der Waals surface area (Å²) in [4.78, 5) is 33.3. The summed E-state index contributed by atoms with van der Waals surface area (Å²) in [5.41, 5.74) is 0.360. The molecule has 4 heterocycles. The van der Waals surface area contributed by atoms with Crippen molar-refractivity contribution in [2.75, 3.05) is 29.9 Å². The first kappa shape index (κ1) is 18.6. The van der Waals surface area contributed by atoms with Crippen molar-refractivity contribution in [3.05, 3.63) is 30.1 Å². The van der Waals surface area contributed by atoms with Gasteiger partial charge in [-0.05, 0) is 37.7 Å². The van der Waals surface area contributed by atoms with E-state index in [1.54, 1.807) is 45.9 Å². The van der Waals surface area contributed by atoms with Crippen molar-refractivity contribution in [3.63, 3.8) is 0 Å².